The van der Waals surface area contributed by atoms with Crippen LogP contribution in [0.4, 0.5) is 15.9 Å². The number of anilines is 2. The highest BCUT2D eigenvalue weighted by atomic mass is 19.1. The predicted octanol–water partition coefficient (Wildman–Crippen LogP) is 3.81. The second-order valence-electron chi connectivity index (χ2n) is 9.38. The molecular weight excluding hydrogens is 447 g/mol. The summed E-state index contributed by atoms with van der Waals surface area (Å²) in [6.07, 6.45) is 4.27. The molecule has 3 aromatic heterocycles. The van der Waals surface area contributed by atoms with Gasteiger partial charge in [0, 0.05) is 49.2 Å². The van der Waals surface area contributed by atoms with Crippen LogP contribution >= 0.6 is 0 Å². The molecule has 3 atom stereocenters. The summed E-state index contributed by atoms with van der Waals surface area (Å²) in [5.41, 5.74) is 9.06. The number of benzene rings is 2. The molecule has 1 saturated carbocycles. The lowest BCUT2D eigenvalue weighted by atomic mass is 9.72. The van der Waals surface area contributed by atoms with Gasteiger partial charge in [0.1, 0.15) is 29.4 Å². The van der Waals surface area contributed by atoms with Crippen molar-refractivity contribution in [2.75, 3.05) is 30.4 Å². The van der Waals surface area contributed by atoms with E-state index < -0.39 is 0 Å². The molecule has 0 radical (unpaired) electrons. The van der Waals surface area contributed by atoms with Crippen molar-refractivity contribution >= 4 is 44.3 Å². The van der Waals surface area contributed by atoms with Gasteiger partial charge in [-0.15, -0.1) is 0 Å². The maximum Gasteiger partial charge on any atom is 0.325 e. The minimum Gasteiger partial charge on any atom is -0.424 e. The summed E-state index contributed by atoms with van der Waals surface area (Å²) >= 11 is 0. The van der Waals surface area contributed by atoms with Crippen molar-refractivity contribution in [3.8, 4) is 11.8 Å². The van der Waals surface area contributed by atoms with Gasteiger partial charge in [-0.3, -0.25) is 0 Å². The first-order valence-electron chi connectivity index (χ1n) is 11.7. The van der Waals surface area contributed by atoms with Gasteiger partial charge in [0.25, 0.3) is 0 Å². The molecule has 4 heterocycles. The maximum absolute atomic E-state index is 14.5. The molecule has 2 aliphatic rings. The molecule has 4 N–H and O–H groups in total. The van der Waals surface area contributed by atoms with Gasteiger partial charge >= 0.3 is 6.01 Å². The van der Waals surface area contributed by atoms with Crippen LogP contribution < -0.4 is 20.7 Å². The number of nitrogens with zero attached hydrogens (tertiary/aromatic N) is 5. The van der Waals surface area contributed by atoms with Crippen LogP contribution in [0.3, 0.4) is 0 Å². The number of rotatable bonds is 4. The summed E-state index contributed by atoms with van der Waals surface area (Å²) in [4.78, 5) is 23.5. The van der Waals surface area contributed by atoms with E-state index in [1.54, 1.807) is 13.2 Å². The van der Waals surface area contributed by atoms with E-state index in [4.69, 9.17) is 15.5 Å². The van der Waals surface area contributed by atoms with E-state index in [-0.39, 0.29) is 17.9 Å². The Balaban J connectivity index is 1.39. The first kappa shape index (κ1) is 20.3. The Hall–Kier alpha value is -4.05. The minimum atomic E-state index is -0.323. The highest BCUT2D eigenvalue weighted by molar-refractivity contribution is 6.14. The lowest BCUT2D eigenvalue weighted by Gasteiger charge is -2.36. The predicted molar refractivity (Wildman–Crippen MR) is 132 cm³/mol. The van der Waals surface area contributed by atoms with Crippen molar-refractivity contribution in [3.05, 3.63) is 48.7 Å². The first-order chi connectivity index (χ1) is 17.1. The maximum atomic E-state index is 14.5. The van der Waals surface area contributed by atoms with Crippen LogP contribution in [0.5, 0.6) is 11.8 Å². The molecule has 0 amide bonds. The fraction of sp³-hybridized carbons (Fsp3) is 0.280. The van der Waals surface area contributed by atoms with Gasteiger partial charge in [0.15, 0.2) is 0 Å². The first-order valence-corrected chi connectivity index (χ1v) is 11.7. The van der Waals surface area contributed by atoms with Crippen LogP contribution in [0.15, 0.2) is 42.9 Å². The van der Waals surface area contributed by atoms with Crippen LogP contribution in [0.25, 0.3) is 32.8 Å². The van der Waals surface area contributed by atoms with Crippen molar-refractivity contribution in [2.45, 2.75) is 12.5 Å². The Bertz CT molecular complexity index is 1620. The Morgan fingerprint density at radius 2 is 2.11 bits per heavy atom. The minimum absolute atomic E-state index is 0.211. The highest BCUT2D eigenvalue weighted by Crippen LogP contribution is 2.44. The smallest absolute Gasteiger partial charge is 0.325 e. The van der Waals surface area contributed by atoms with Crippen LogP contribution in [-0.2, 0) is 0 Å². The lowest BCUT2D eigenvalue weighted by molar-refractivity contribution is 0.194. The van der Waals surface area contributed by atoms with Crippen molar-refractivity contribution in [1.82, 2.24) is 24.9 Å². The largest absolute Gasteiger partial charge is 0.424 e. The number of halogens is 1. The molecule has 35 heavy (non-hydrogen) atoms. The standard InChI is InChI=1S/C25H23FN8O/c1-28-20-6-14(26)5-16-21-23(31-22(16)20)32-25(33-24(21)34-9-13-4-18(27)17(13)10-34)35-15-3-2-12-8-29-11-30-19(12)7-15/h2-3,5-8,11,13,17-18,28H,4,9-10,27H2,1H3,(H,31,32,33)/t13-,17+,18-/m1/s1. The number of nitrogens with one attached hydrogen (secondary N) is 2. The molecular formula is C25H23FN8O. The SMILES string of the molecule is CNc1cc(F)cc2c1[nH]c1nc(Oc3ccc4cncnc4c3)nc(N3C[C@H]4C[C@@H](N)[C@H]4C3)c12. The summed E-state index contributed by atoms with van der Waals surface area (Å²) in [5.74, 6) is 1.97. The molecule has 1 saturated heterocycles. The molecule has 10 heteroatoms. The molecule has 1 aliphatic heterocycles. The average molecular weight is 471 g/mol. The molecule has 9 nitrogen and oxygen atoms in total. The van der Waals surface area contributed by atoms with Crippen molar-refractivity contribution in [1.29, 1.82) is 0 Å². The fourth-order valence-corrected chi connectivity index (χ4v) is 5.55. The highest BCUT2D eigenvalue weighted by Gasteiger charge is 2.46. The molecule has 0 unspecified atom stereocenters. The van der Waals surface area contributed by atoms with Gasteiger partial charge < -0.3 is 25.7 Å². The van der Waals surface area contributed by atoms with Gasteiger partial charge in [-0.1, -0.05) is 0 Å². The zero-order valence-electron chi connectivity index (χ0n) is 19.0. The van der Waals surface area contributed by atoms with E-state index in [9.17, 15) is 4.39 Å². The van der Waals surface area contributed by atoms with E-state index in [2.05, 4.69) is 30.2 Å². The Morgan fingerprint density at radius 1 is 1.20 bits per heavy atom. The van der Waals surface area contributed by atoms with Gasteiger partial charge in [0.05, 0.1) is 22.1 Å². The third-order valence-corrected chi connectivity index (χ3v) is 7.36. The van der Waals surface area contributed by atoms with Crippen molar-refractivity contribution in [3.63, 3.8) is 0 Å². The van der Waals surface area contributed by atoms with Crippen LogP contribution in [0.1, 0.15) is 6.42 Å². The molecule has 176 valence electrons. The topological polar surface area (TPSA) is 118 Å². The normalized spacial score (nSPS) is 21.5. The molecule has 5 aromatic rings. The molecule has 2 fully saturated rings. The quantitative estimate of drug-likeness (QED) is 0.363. The molecule has 7 rings (SSSR count). The van der Waals surface area contributed by atoms with E-state index in [1.807, 2.05) is 18.2 Å². The molecule has 0 bridgehead atoms. The van der Waals surface area contributed by atoms with E-state index in [0.717, 1.165) is 52.5 Å². The van der Waals surface area contributed by atoms with Crippen LogP contribution in [0, 0.1) is 17.7 Å². The molecule has 0 spiro atoms. The Morgan fingerprint density at radius 3 is 2.94 bits per heavy atom. The zero-order chi connectivity index (χ0) is 23.7. The second-order valence-corrected chi connectivity index (χ2v) is 9.38. The third-order valence-electron chi connectivity index (χ3n) is 7.36. The second kappa shape index (κ2) is 7.47. The number of nitrogens with two attached hydrogens (primary N) is 1. The van der Waals surface area contributed by atoms with Crippen LogP contribution in [-0.4, -0.2) is 51.1 Å². The monoisotopic (exact) mass is 470 g/mol. The van der Waals surface area contributed by atoms with Gasteiger partial charge in [0.2, 0.25) is 0 Å². The lowest BCUT2D eigenvalue weighted by Crippen LogP contribution is -2.46. The number of aromatic nitrogens is 5. The summed E-state index contributed by atoms with van der Waals surface area (Å²) in [6.45, 7) is 1.67. The molecule has 2 aromatic carbocycles. The number of fused-ring (bicyclic) bond motifs is 5. The summed E-state index contributed by atoms with van der Waals surface area (Å²) in [5, 5.41) is 5.50. The van der Waals surface area contributed by atoms with Crippen molar-refractivity contribution < 1.29 is 9.13 Å². The van der Waals surface area contributed by atoms with Crippen LogP contribution in [0.2, 0.25) is 0 Å². The average Bonchev–Trinajstić information content (AvgIpc) is 3.40. The summed E-state index contributed by atoms with van der Waals surface area (Å²) in [6, 6.07) is 8.99. The van der Waals surface area contributed by atoms with Crippen molar-refractivity contribution in [2.24, 2.45) is 17.6 Å². The third kappa shape index (κ3) is 3.17. The Kier molecular flexibility index (Phi) is 4.34. The van der Waals surface area contributed by atoms with E-state index in [0.29, 0.717) is 28.9 Å². The number of aromatic amines is 1. The number of hydrogen-bond acceptors (Lipinski definition) is 8. The Labute approximate surface area is 199 Å². The zero-order valence-corrected chi connectivity index (χ0v) is 19.0. The molecule has 1 aliphatic carbocycles. The summed E-state index contributed by atoms with van der Waals surface area (Å²) < 4.78 is 20.6. The van der Waals surface area contributed by atoms with E-state index in [1.165, 1.54) is 18.5 Å². The van der Waals surface area contributed by atoms with Gasteiger partial charge in [-0.25, -0.2) is 14.4 Å². The van der Waals surface area contributed by atoms with Gasteiger partial charge in [-0.2, -0.15) is 9.97 Å². The number of ether oxygens (including phenoxy) is 1. The summed E-state index contributed by atoms with van der Waals surface area (Å²) in [7, 11) is 1.77. The number of hydrogen-bond donors (Lipinski definition) is 3. The number of H-pyrrole nitrogens is 1. The fourth-order valence-electron chi connectivity index (χ4n) is 5.55. The van der Waals surface area contributed by atoms with Gasteiger partial charge in [-0.05, 0) is 42.5 Å². The van der Waals surface area contributed by atoms with E-state index >= 15 is 0 Å².